The molecule has 0 bridgehead atoms. The number of ether oxygens (including phenoxy) is 2. The molecule has 1 aliphatic rings. The molecule has 0 saturated heterocycles. The van der Waals surface area contributed by atoms with Crippen molar-refractivity contribution in [1.29, 1.82) is 0 Å². The molecule has 6 heteroatoms. The number of hydrogen-bond donors (Lipinski definition) is 2. The van der Waals surface area contributed by atoms with E-state index in [9.17, 15) is 4.79 Å². The number of amides is 1. The molecule has 2 rings (SSSR count). The minimum atomic E-state index is -0.459. The first-order valence-corrected chi connectivity index (χ1v) is 8.01. The van der Waals surface area contributed by atoms with E-state index in [1.807, 2.05) is 30.5 Å². The van der Waals surface area contributed by atoms with Crippen LogP contribution >= 0.6 is 11.8 Å². The lowest BCUT2D eigenvalue weighted by Crippen LogP contribution is -2.46. The summed E-state index contributed by atoms with van der Waals surface area (Å²) in [7, 11) is 0. The van der Waals surface area contributed by atoms with Gasteiger partial charge in [0.05, 0.1) is 12.6 Å². The normalized spacial score (nSPS) is 18.4. The van der Waals surface area contributed by atoms with E-state index in [0.717, 1.165) is 11.5 Å². The summed E-state index contributed by atoms with van der Waals surface area (Å²) in [5.74, 6) is 2.20. The standard InChI is InChI=1S/C14H20N2O3S/c1-20-7-6-11(15)14(17)16-8-10-9-18-12-4-2-3-5-13(12)19-10/h2-5,10-11H,6-9,15H2,1H3,(H,16,17)/t10?,11-/m1/s1. The van der Waals surface area contributed by atoms with Crippen LogP contribution in [0.5, 0.6) is 11.5 Å². The average Bonchev–Trinajstić information content (AvgIpc) is 2.50. The topological polar surface area (TPSA) is 73.6 Å². The molecule has 1 heterocycles. The van der Waals surface area contributed by atoms with Crippen molar-refractivity contribution in [2.75, 3.05) is 25.2 Å². The van der Waals surface area contributed by atoms with Crippen molar-refractivity contribution in [3.8, 4) is 11.5 Å². The third kappa shape index (κ3) is 4.05. The highest BCUT2D eigenvalue weighted by Gasteiger charge is 2.22. The van der Waals surface area contributed by atoms with Gasteiger partial charge >= 0.3 is 0 Å². The molecule has 5 nitrogen and oxygen atoms in total. The maximum atomic E-state index is 11.8. The van der Waals surface area contributed by atoms with Gasteiger partial charge in [0.2, 0.25) is 5.91 Å². The molecule has 110 valence electrons. The number of benzene rings is 1. The largest absolute Gasteiger partial charge is 0.486 e. The summed E-state index contributed by atoms with van der Waals surface area (Å²) in [6.07, 6.45) is 2.49. The number of carbonyl (C=O) groups is 1. The van der Waals surface area contributed by atoms with E-state index in [-0.39, 0.29) is 12.0 Å². The van der Waals surface area contributed by atoms with Crippen molar-refractivity contribution in [1.82, 2.24) is 5.32 Å². The fourth-order valence-corrected chi connectivity index (χ4v) is 2.37. The van der Waals surface area contributed by atoms with Crippen LogP contribution in [0.3, 0.4) is 0 Å². The molecule has 0 saturated carbocycles. The van der Waals surface area contributed by atoms with Crippen molar-refractivity contribution in [3.63, 3.8) is 0 Å². The number of nitrogens with one attached hydrogen (secondary N) is 1. The van der Waals surface area contributed by atoms with E-state index >= 15 is 0 Å². The van der Waals surface area contributed by atoms with Crippen LogP contribution in [0.4, 0.5) is 0 Å². The Hall–Kier alpha value is -1.40. The number of thioether (sulfide) groups is 1. The molecular formula is C14H20N2O3S. The highest BCUT2D eigenvalue weighted by atomic mass is 32.2. The second kappa shape index (κ2) is 7.40. The fourth-order valence-electron chi connectivity index (χ4n) is 1.89. The van der Waals surface area contributed by atoms with Gasteiger partial charge in [0.1, 0.15) is 12.7 Å². The van der Waals surface area contributed by atoms with Gasteiger partial charge < -0.3 is 20.5 Å². The summed E-state index contributed by atoms with van der Waals surface area (Å²) in [6.45, 7) is 0.831. The Morgan fingerprint density at radius 3 is 3.00 bits per heavy atom. The summed E-state index contributed by atoms with van der Waals surface area (Å²) in [5, 5.41) is 2.81. The Bertz CT molecular complexity index is 456. The summed E-state index contributed by atoms with van der Waals surface area (Å²) in [6, 6.07) is 7.05. The van der Waals surface area contributed by atoms with Crippen molar-refractivity contribution < 1.29 is 14.3 Å². The van der Waals surface area contributed by atoms with Gasteiger partial charge in [-0.1, -0.05) is 12.1 Å². The van der Waals surface area contributed by atoms with Gasteiger partial charge in [-0.2, -0.15) is 11.8 Å². The Morgan fingerprint density at radius 1 is 1.50 bits per heavy atom. The molecule has 0 aliphatic carbocycles. The Labute approximate surface area is 123 Å². The van der Waals surface area contributed by atoms with Crippen LogP contribution < -0.4 is 20.5 Å². The lowest BCUT2D eigenvalue weighted by atomic mass is 10.2. The number of nitrogens with two attached hydrogens (primary N) is 1. The van der Waals surface area contributed by atoms with Gasteiger partial charge in [0, 0.05) is 0 Å². The van der Waals surface area contributed by atoms with Crippen LogP contribution in [0.1, 0.15) is 6.42 Å². The average molecular weight is 296 g/mol. The quantitative estimate of drug-likeness (QED) is 0.820. The lowest BCUT2D eigenvalue weighted by molar-refractivity contribution is -0.122. The summed E-state index contributed by atoms with van der Waals surface area (Å²) < 4.78 is 11.3. The number of para-hydroxylation sites is 2. The van der Waals surface area contributed by atoms with Gasteiger partial charge in [-0.25, -0.2) is 0 Å². The first kappa shape index (κ1) is 15.0. The van der Waals surface area contributed by atoms with Crippen LogP contribution in [0.25, 0.3) is 0 Å². The molecule has 1 aliphatic heterocycles. The number of carbonyl (C=O) groups excluding carboxylic acids is 1. The highest BCUT2D eigenvalue weighted by molar-refractivity contribution is 7.98. The first-order chi connectivity index (χ1) is 9.70. The highest BCUT2D eigenvalue weighted by Crippen LogP contribution is 2.30. The minimum Gasteiger partial charge on any atom is -0.486 e. The van der Waals surface area contributed by atoms with Crippen LogP contribution in [0.15, 0.2) is 24.3 Å². The van der Waals surface area contributed by atoms with Gasteiger partial charge in [-0.05, 0) is 30.6 Å². The zero-order chi connectivity index (χ0) is 14.4. The maximum absolute atomic E-state index is 11.8. The summed E-state index contributed by atoms with van der Waals surface area (Å²) >= 11 is 1.68. The molecule has 20 heavy (non-hydrogen) atoms. The predicted molar refractivity (Wildman–Crippen MR) is 80.3 cm³/mol. The van der Waals surface area contributed by atoms with Crippen molar-refractivity contribution in [2.45, 2.75) is 18.6 Å². The third-order valence-electron chi connectivity index (χ3n) is 3.04. The van der Waals surface area contributed by atoms with Crippen molar-refractivity contribution in [3.05, 3.63) is 24.3 Å². The molecule has 0 spiro atoms. The van der Waals surface area contributed by atoms with Crippen LogP contribution in [-0.2, 0) is 4.79 Å². The van der Waals surface area contributed by atoms with Crippen LogP contribution in [0.2, 0.25) is 0 Å². The van der Waals surface area contributed by atoms with E-state index in [4.69, 9.17) is 15.2 Å². The minimum absolute atomic E-state index is 0.137. The van der Waals surface area contributed by atoms with E-state index in [1.54, 1.807) is 11.8 Å². The third-order valence-corrected chi connectivity index (χ3v) is 3.69. The van der Waals surface area contributed by atoms with Gasteiger partial charge in [0.25, 0.3) is 0 Å². The number of fused-ring (bicyclic) bond motifs is 1. The molecule has 1 aromatic carbocycles. The molecule has 1 aromatic rings. The summed E-state index contributed by atoms with van der Waals surface area (Å²) in [5.41, 5.74) is 5.80. The Kier molecular flexibility index (Phi) is 5.55. The lowest BCUT2D eigenvalue weighted by Gasteiger charge is -2.26. The fraction of sp³-hybridized carbons (Fsp3) is 0.500. The Morgan fingerprint density at radius 2 is 2.25 bits per heavy atom. The summed E-state index contributed by atoms with van der Waals surface area (Å²) in [4.78, 5) is 11.8. The SMILES string of the molecule is CSCC[C@@H](N)C(=O)NCC1COc2ccccc2O1. The number of hydrogen-bond acceptors (Lipinski definition) is 5. The van der Waals surface area contributed by atoms with Crippen molar-refractivity contribution >= 4 is 17.7 Å². The molecular weight excluding hydrogens is 276 g/mol. The smallest absolute Gasteiger partial charge is 0.237 e. The molecule has 0 fully saturated rings. The van der Waals surface area contributed by atoms with E-state index < -0.39 is 6.04 Å². The van der Waals surface area contributed by atoms with Gasteiger partial charge in [0.15, 0.2) is 11.5 Å². The van der Waals surface area contributed by atoms with Gasteiger partial charge in [-0.15, -0.1) is 0 Å². The molecule has 1 amide bonds. The first-order valence-electron chi connectivity index (χ1n) is 6.61. The van der Waals surface area contributed by atoms with E-state index in [1.165, 1.54) is 0 Å². The second-order valence-electron chi connectivity index (χ2n) is 4.63. The van der Waals surface area contributed by atoms with Crippen LogP contribution in [0, 0.1) is 0 Å². The van der Waals surface area contributed by atoms with Gasteiger partial charge in [-0.3, -0.25) is 4.79 Å². The van der Waals surface area contributed by atoms with Crippen molar-refractivity contribution in [2.24, 2.45) is 5.73 Å². The Balaban J connectivity index is 1.77. The maximum Gasteiger partial charge on any atom is 0.237 e. The molecule has 2 atom stereocenters. The molecule has 0 aromatic heterocycles. The second-order valence-corrected chi connectivity index (χ2v) is 5.62. The number of rotatable bonds is 6. The molecule has 3 N–H and O–H groups in total. The van der Waals surface area contributed by atoms with Crippen LogP contribution in [-0.4, -0.2) is 43.2 Å². The predicted octanol–water partition coefficient (Wildman–Crippen LogP) is 1.02. The van der Waals surface area contributed by atoms with E-state index in [0.29, 0.717) is 25.3 Å². The zero-order valence-electron chi connectivity index (χ0n) is 11.5. The molecule has 0 radical (unpaired) electrons. The molecule has 1 unspecified atom stereocenters. The van der Waals surface area contributed by atoms with E-state index in [2.05, 4.69) is 5.32 Å². The zero-order valence-corrected chi connectivity index (χ0v) is 12.3. The monoisotopic (exact) mass is 296 g/mol.